The van der Waals surface area contributed by atoms with Crippen LogP contribution in [0, 0.1) is 0 Å². The lowest BCUT2D eigenvalue weighted by molar-refractivity contribution is 0.774. The van der Waals surface area contributed by atoms with Gasteiger partial charge in [-0.05, 0) is 25.5 Å². The maximum atomic E-state index is 5.94. The summed E-state index contributed by atoms with van der Waals surface area (Å²) in [4.78, 5) is 10.4. The van der Waals surface area contributed by atoms with E-state index in [1.807, 2.05) is 12.1 Å². The van der Waals surface area contributed by atoms with Crippen molar-refractivity contribution >= 4 is 34.6 Å². The summed E-state index contributed by atoms with van der Waals surface area (Å²) in [6.45, 7) is 7.94. The molecule has 0 saturated heterocycles. The average molecular weight is 325 g/mol. The third kappa shape index (κ3) is 4.86. The Morgan fingerprint density at radius 2 is 1.90 bits per heavy atom. The Bertz CT molecular complexity index is 583. The standard InChI is InChI=1S/C15H21ClN4S/c1-4-17-13-9-14(20-15(19-13)10(2)3)18-8-7-11-5-6-12(16)21-11/h5-6,9-10H,4,7-8H2,1-3H3,(H2,17,18,19,20). The summed E-state index contributed by atoms with van der Waals surface area (Å²) in [6, 6.07) is 5.96. The van der Waals surface area contributed by atoms with Gasteiger partial charge in [0, 0.05) is 30.0 Å². The molecule has 0 atom stereocenters. The number of hydrogen-bond acceptors (Lipinski definition) is 5. The molecule has 2 N–H and O–H groups in total. The zero-order chi connectivity index (χ0) is 15.2. The number of nitrogens with zero attached hydrogens (tertiary/aromatic N) is 2. The first-order valence-electron chi connectivity index (χ1n) is 7.19. The lowest BCUT2D eigenvalue weighted by Gasteiger charge is -2.12. The first-order chi connectivity index (χ1) is 10.1. The zero-order valence-electron chi connectivity index (χ0n) is 12.6. The van der Waals surface area contributed by atoms with Gasteiger partial charge in [-0.1, -0.05) is 25.4 Å². The second-order valence-electron chi connectivity index (χ2n) is 5.06. The van der Waals surface area contributed by atoms with Crippen molar-refractivity contribution in [3.05, 3.63) is 33.2 Å². The molecule has 0 aliphatic rings. The maximum absolute atomic E-state index is 5.94. The first kappa shape index (κ1) is 16.0. The predicted molar refractivity (Wildman–Crippen MR) is 91.8 cm³/mol. The molecule has 4 nitrogen and oxygen atoms in total. The number of hydrogen-bond donors (Lipinski definition) is 2. The van der Waals surface area contributed by atoms with Gasteiger partial charge in [-0.3, -0.25) is 0 Å². The SMILES string of the molecule is CCNc1cc(NCCc2ccc(Cl)s2)nc(C(C)C)n1. The molecule has 21 heavy (non-hydrogen) atoms. The number of halogens is 1. The molecular formula is C15H21ClN4S. The molecule has 0 aliphatic heterocycles. The molecule has 2 rings (SSSR count). The molecular weight excluding hydrogens is 304 g/mol. The minimum atomic E-state index is 0.306. The lowest BCUT2D eigenvalue weighted by atomic mass is 10.2. The zero-order valence-corrected chi connectivity index (χ0v) is 14.2. The second-order valence-corrected chi connectivity index (χ2v) is 6.86. The fraction of sp³-hybridized carbons (Fsp3) is 0.467. The summed E-state index contributed by atoms with van der Waals surface area (Å²) >= 11 is 7.56. The van der Waals surface area contributed by atoms with Crippen LogP contribution in [0.3, 0.4) is 0 Å². The van der Waals surface area contributed by atoms with Crippen molar-refractivity contribution in [3.8, 4) is 0 Å². The molecule has 0 aromatic carbocycles. The minimum Gasteiger partial charge on any atom is -0.370 e. The van der Waals surface area contributed by atoms with Gasteiger partial charge >= 0.3 is 0 Å². The molecule has 0 saturated carbocycles. The van der Waals surface area contributed by atoms with Gasteiger partial charge in [-0.2, -0.15) is 0 Å². The van der Waals surface area contributed by atoms with Crippen molar-refractivity contribution < 1.29 is 0 Å². The highest BCUT2D eigenvalue weighted by atomic mass is 35.5. The van der Waals surface area contributed by atoms with E-state index in [2.05, 4.69) is 47.4 Å². The normalized spacial score (nSPS) is 10.9. The number of nitrogens with one attached hydrogen (secondary N) is 2. The molecule has 2 aromatic rings. The van der Waals surface area contributed by atoms with Gasteiger partial charge in [0.1, 0.15) is 17.5 Å². The van der Waals surface area contributed by atoms with Crippen molar-refractivity contribution in [1.82, 2.24) is 9.97 Å². The Kier molecular flexibility index (Phi) is 5.82. The monoisotopic (exact) mass is 324 g/mol. The third-order valence-corrected chi connectivity index (χ3v) is 4.22. The minimum absolute atomic E-state index is 0.306. The summed E-state index contributed by atoms with van der Waals surface area (Å²) in [5.74, 6) is 2.90. The van der Waals surface area contributed by atoms with E-state index in [4.69, 9.17) is 11.6 Å². The molecule has 0 fully saturated rings. The van der Waals surface area contributed by atoms with Crippen LogP contribution in [0.4, 0.5) is 11.6 Å². The Labute approximate surface area is 135 Å². The van der Waals surface area contributed by atoms with Crippen molar-refractivity contribution in [2.24, 2.45) is 0 Å². The van der Waals surface area contributed by atoms with Gasteiger partial charge in [-0.15, -0.1) is 11.3 Å². The summed E-state index contributed by atoms with van der Waals surface area (Å²) in [5, 5.41) is 6.62. The van der Waals surface area contributed by atoms with Gasteiger partial charge in [0.2, 0.25) is 0 Å². The third-order valence-electron chi connectivity index (χ3n) is 2.92. The molecule has 0 radical (unpaired) electrons. The van der Waals surface area contributed by atoms with Crippen LogP contribution in [0.15, 0.2) is 18.2 Å². The molecule has 114 valence electrons. The maximum Gasteiger partial charge on any atom is 0.135 e. The molecule has 0 unspecified atom stereocenters. The highest BCUT2D eigenvalue weighted by Crippen LogP contribution is 2.22. The highest BCUT2D eigenvalue weighted by molar-refractivity contribution is 7.16. The molecule has 0 amide bonds. The smallest absolute Gasteiger partial charge is 0.135 e. The number of thiophene rings is 1. The van der Waals surface area contributed by atoms with Crippen molar-refractivity contribution in [2.45, 2.75) is 33.1 Å². The molecule has 6 heteroatoms. The Hall–Kier alpha value is -1.33. The summed E-state index contributed by atoms with van der Waals surface area (Å²) < 4.78 is 0.837. The molecule has 0 aliphatic carbocycles. The van der Waals surface area contributed by atoms with E-state index in [-0.39, 0.29) is 0 Å². The van der Waals surface area contributed by atoms with Crippen LogP contribution in [-0.2, 0) is 6.42 Å². The molecule has 2 heterocycles. The number of rotatable bonds is 7. The van der Waals surface area contributed by atoms with Crippen LogP contribution in [-0.4, -0.2) is 23.1 Å². The van der Waals surface area contributed by atoms with Crippen molar-refractivity contribution in [1.29, 1.82) is 0 Å². The van der Waals surface area contributed by atoms with E-state index in [0.717, 1.165) is 41.3 Å². The fourth-order valence-electron chi connectivity index (χ4n) is 1.89. The summed E-state index contributed by atoms with van der Waals surface area (Å²) in [5.41, 5.74) is 0. The highest BCUT2D eigenvalue weighted by Gasteiger charge is 2.08. The Morgan fingerprint density at radius 3 is 2.48 bits per heavy atom. The van der Waals surface area contributed by atoms with E-state index >= 15 is 0 Å². The van der Waals surface area contributed by atoms with Crippen LogP contribution in [0.25, 0.3) is 0 Å². The lowest BCUT2D eigenvalue weighted by Crippen LogP contribution is -2.10. The van der Waals surface area contributed by atoms with Crippen LogP contribution >= 0.6 is 22.9 Å². The quantitative estimate of drug-likeness (QED) is 0.792. The van der Waals surface area contributed by atoms with Gasteiger partial charge < -0.3 is 10.6 Å². The molecule has 2 aromatic heterocycles. The predicted octanol–water partition coefficient (Wildman–Crippen LogP) is 4.40. The number of aromatic nitrogens is 2. The molecule has 0 spiro atoms. The van der Waals surface area contributed by atoms with Crippen LogP contribution in [0.1, 0.15) is 37.4 Å². The average Bonchev–Trinajstić information content (AvgIpc) is 2.84. The van der Waals surface area contributed by atoms with Gasteiger partial charge in [-0.25, -0.2) is 9.97 Å². The topological polar surface area (TPSA) is 49.8 Å². The van der Waals surface area contributed by atoms with Crippen LogP contribution in [0.2, 0.25) is 4.34 Å². The van der Waals surface area contributed by atoms with Crippen molar-refractivity contribution in [3.63, 3.8) is 0 Å². The van der Waals surface area contributed by atoms with E-state index in [1.165, 1.54) is 4.88 Å². The van der Waals surface area contributed by atoms with Gasteiger partial charge in [0.05, 0.1) is 4.34 Å². The van der Waals surface area contributed by atoms with E-state index < -0.39 is 0 Å². The second kappa shape index (κ2) is 7.61. The van der Waals surface area contributed by atoms with E-state index in [0.29, 0.717) is 5.92 Å². The fourth-order valence-corrected chi connectivity index (χ4v) is 2.97. The van der Waals surface area contributed by atoms with Crippen LogP contribution < -0.4 is 10.6 Å². The first-order valence-corrected chi connectivity index (χ1v) is 8.39. The van der Waals surface area contributed by atoms with Gasteiger partial charge in [0.15, 0.2) is 0 Å². The van der Waals surface area contributed by atoms with Gasteiger partial charge in [0.25, 0.3) is 0 Å². The Balaban J connectivity index is 2.00. The summed E-state index contributed by atoms with van der Waals surface area (Å²) in [6.07, 6.45) is 0.939. The largest absolute Gasteiger partial charge is 0.370 e. The Morgan fingerprint density at radius 1 is 1.19 bits per heavy atom. The number of anilines is 2. The van der Waals surface area contributed by atoms with E-state index in [9.17, 15) is 0 Å². The van der Waals surface area contributed by atoms with Crippen LogP contribution in [0.5, 0.6) is 0 Å². The molecule has 0 bridgehead atoms. The van der Waals surface area contributed by atoms with Crippen molar-refractivity contribution in [2.75, 3.05) is 23.7 Å². The van der Waals surface area contributed by atoms with E-state index in [1.54, 1.807) is 11.3 Å². The summed E-state index contributed by atoms with van der Waals surface area (Å²) in [7, 11) is 0.